The molecule has 2 rings (SSSR count). The Balaban J connectivity index is 1.90. The average Bonchev–Trinajstić information content (AvgIpc) is 2.33. The second-order valence-corrected chi connectivity index (χ2v) is 5.12. The highest BCUT2D eigenvalue weighted by Crippen LogP contribution is 2.24. The molecule has 0 saturated heterocycles. The van der Waals surface area contributed by atoms with Gasteiger partial charge in [-0.15, -0.1) is 0 Å². The topological polar surface area (TPSA) is 37.3 Å². The van der Waals surface area contributed by atoms with Crippen LogP contribution in [0.1, 0.15) is 32.1 Å². The van der Waals surface area contributed by atoms with Crippen LogP contribution in [0.4, 0.5) is 5.82 Å². The summed E-state index contributed by atoms with van der Waals surface area (Å²) in [7, 11) is 0. The lowest BCUT2D eigenvalue weighted by molar-refractivity contribution is 0.445. The molecule has 0 radical (unpaired) electrons. The lowest BCUT2D eigenvalue weighted by Gasteiger charge is -2.16. The molecular weight excluding hydrogens is 257 g/mol. The van der Waals surface area contributed by atoms with E-state index in [-0.39, 0.29) is 0 Å². The fraction of sp³-hybridized carbons (Fsp3) is 0.500. The Bertz CT molecular complexity index is 401. The highest BCUT2D eigenvalue weighted by molar-refractivity contribution is 6.35. The summed E-state index contributed by atoms with van der Waals surface area (Å²) in [5.74, 6) is 1.13. The van der Waals surface area contributed by atoms with E-state index >= 15 is 0 Å². The lowest BCUT2D eigenvalue weighted by atomic mass is 9.90. The van der Waals surface area contributed by atoms with E-state index < -0.39 is 0 Å². The first-order valence-electron chi connectivity index (χ1n) is 5.86. The molecule has 17 heavy (non-hydrogen) atoms. The number of aromatic nitrogens is 1. The number of hydrogen-bond donors (Lipinski definition) is 1. The van der Waals surface area contributed by atoms with Crippen LogP contribution in [0.15, 0.2) is 17.4 Å². The Hall–Kier alpha value is -0.800. The van der Waals surface area contributed by atoms with Gasteiger partial charge in [-0.1, -0.05) is 42.5 Å². The first kappa shape index (κ1) is 12.7. The van der Waals surface area contributed by atoms with Crippen molar-refractivity contribution in [3.63, 3.8) is 0 Å². The second kappa shape index (κ2) is 6.22. The molecule has 1 fully saturated rings. The van der Waals surface area contributed by atoms with Gasteiger partial charge in [0, 0.05) is 12.4 Å². The summed E-state index contributed by atoms with van der Waals surface area (Å²) >= 11 is 11.7. The molecule has 1 aliphatic rings. The van der Waals surface area contributed by atoms with Gasteiger partial charge in [0.2, 0.25) is 0 Å². The van der Waals surface area contributed by atoms with Crippen LogP contribution in [0.5, 0.6) is 0 Å². The molecule has 0 bridgehead atoms. The van der Waals surface area contributed by atoms with Crippen LogP contribution in [-0.4, -0.2) is 11.2 Å². The molecule has 5 heteroatoms. The predicted molar refractivity (Wildman–Crippen MR) is 72.9 cm³/mol. The van der Waals surface area contributed by atoms with Crippen LogP contribution < -0.4 is 5.43 Å². The molecule has 0 amide bonds. The minimum Gasteiger partial charge on any atom is -0.260 e. The summed E-state index contributed by atoms with van der Waals surface area (Å²) < 4.78 is 0. The van der Waals surface area contributed by atoms with E-state index in [1.54, 1.807) is 12.3 Å². The number of hydrogen-bond acceptors (Lipinski definition) is 3. The van der Waals surface area contributed by atoms with Gasteiger partial charge in [0.25, 0.3) is 0 Å². The fourth-order valence-corrected chi connectivity index (χ4v) is 2.41. The minimum atomic E-state index is 0.485. The third-order valence-corrected chi connectivity index (χ3v) is 3.41. The van der Waals surface area contributed by atoms with Gasteiger partial charge in [-0.25, -0.2) is 4.98 Å². The quantitative estimate of drug-likeness (QED) is 0.655. The van der Waals surface area contributed by atoms with Crippen molar-refractivity contribution in [1.82, 2.24) is 4.98 Å². The Morgan fingerprint density at radius 3 is 2.76 bits per heavy atom. The van der Waals surface area contributed by atoms with Crippen molar-refractivity contribution in [3.05, 3.63) is 22.3 Å². The number of pyridine rings is 1. The molecule has 0 aromatic carbocycles. The fourth-order valence-electron chi connectivity index (χ4n) is 1.98. The zero-order valence-electron chi connectivity index (χ0n) is 9.50. The van der Waals surface area contributed by atoms with Crippen molar-refractivity contribution in [1.29, 1.82) is 0 Å². The Morgan fingerprint density at radius 1 is 1.29 bits per heavy atom. The molecule has 1 N–H and O–H groups in total. The van der Waals surface area contributed by atoms with Gasteiger partial charge in [-0.3, -0.25) is 5.43 Å². The highest BCUT2D eigenvalue weighted by Gasteiger charge is 2.10. The third kappa shape index (κ3) is 3.86. The van der Waals surface area contributed by atoms with Crippen molar-refractivity contribution in [3.8, 4) is 0 Å². The molecule has 0 spiro atoms. The molecule has 1 saturated carbocycles. The van der Waals surface area contributed by atoms with Crippen molar-refractivity contribution in [2.75, 3.05) is 5.43 Å². The number of rotatable bonds is 3. The Morgan fingerprint density at radius 2 is 2.06 bits per heavy atom. The average molecular weight is 272 g/mol. The smallest absolute Gasteiger partial charge is 0.165 e. The summed E-state index contributed by atoms with van der Waals surface area (Å²) in [6, 6.07) is 1.65. The van der Waals surface area contributed by atoms with E-state index in [1.165, 1.54) is 32.1 Å². The summed E-state index contributed by atoms with van der Waals surface area (Å²) in [5, 5.41) is 5.20. The predicted octanol–water partition coefficient (Wildman–Crippen LogP) is 4.37. The van der Waals surface area contributed by atoms with Crippen LogP contribution in [0.25, 0.3) is 0 Å². The minimum absolute atomic E-state index is 0.485. The van der Waals surface area contributed by atoms with Crippen LogP contribution in [0.3, 0.4) is 0 Å². The van der Waals surface area contributed by atoms with E-state index in [1.807, 2.05) is 6.21 Å². The van der Waals surface area contributed by atoms with Crippen molar-refractivity contribution in [2.45, 2.75) is 32.1 Å². The van der Waals surface area contributed by atoms with Crippen molar-refractivity contribution in [2.24, 2.45) is 11.0 Å². The van der Waals surface area contributed by atoms with Gasteiger partial charge in [0.05, 0.1) is 10.0 Å². The number of nitrogens with zero attached hydrogens (tertiary/aromatic N) is 2. The van der Waals surface area contributed by atoms with Crippen LogP contribution in [0, 0.1) is 5.92 Å². The number of halogens is 2. The van der Waals surface area contributed by atoms with E-state index in [9.17, 15) is 0 Å². The molecule has 1 heterocycles. The lowest BCUT2D eigenvalue weighted by Crippen LogP contribution is -2.08. The van der Waals surface area contributed by atoms with Crippen LogP contribution in [-0.2, 0) is 0 Å². The standard InChI is InChI=1S/C12H15Cl2N3/c13-10-6-11(14)12(15-8-10)17-16-7-9-4-2-1-3-5-9/h6-9H,1-5H2,(H,15,17)/b16-7-. The zero-order chi connectivity index (χ0) is 12.1. The Labute approximate surface area is 111 Å². The van der Waals surface area contributed by atoms with Gasteiger partial charge in [0.1, 0.15) is 0 Å². The van der Waals surface area contributed by atoms with E-state index in [4.69, 9.17) is 23.2 Å². The molecular formula is C12H15Cl2N3. The number of hydrazone groups is 1. The molecule has 3 nitrogen and oxygen atoms in total. The maximum atomic E-state index is 5.97. The van der Waals surface area contributed by atoms with Gasteiger partial charge in [-0.2, -0.15) is 5.10 Å². The normalized spacial score (nSPS) is 17.5. The molecule has 92 valence electrons. The van der Waals surface area contributed by atoms with E-state index in [2.05, 4.69) is 15.5 Å². The SMILES string of the molecule is Clc1cnc(N/N=C\C2CCCCC2)c(Cl)c1. The monoisotopic (exact) mass is 271 g/mol. The molecule has 0 unspecified atom stereocenters. The summed E-state index contributed by atoms with van der Waals surface area (Å²) in [5.41, 5.74) is 2.86. The van der Waals surface area contributed by atoms with Gasteiger partial charge in [0.15, 0.2) is 5.82 Å². The largest absolute Gasteiger partial charge is 0.260 e. The first-order chi connectivity index (χ1) is 8.25. The summed E-state index contributed by atoms with van der Waals surface area (Å²) in [4.78, 5) is 4.07. The van der Waals surface area contributed by atoms with Crippen molar-refractivity contribution < 1.29 is 0 Å². The van der Waals surface area contributed by atoms with Crippen molar-refractivity contribution >= 4 is 35.2 Å². The third-order valence-electron chi connectivity index (χ3n) is 2.91. The van der Waals surface area contributed by atoms with E-state index in [0.717, 1.165) is 0 Å². The van der Waals surface area contributed by atoms with Gasteiger partial charge < -0.3 is 0 Å². The molecule has 1 aliphatic carbocycles. The maximum absolute atomic E-state index is 5.97. The Kier molecular flexibility index (Phi) is 4.63. The summed E-state index contributed by atoms with van der Waals surface area (Å²) in [6.45, 7) is 0. The number of anilines is 1. The molecule has 0 aliphatic heterocycles. The van der Waals surface area contributed by atoms with Crippen LogP contribution >= 0.6 is 23.2 Å². The molecule has 1 aromatic rings. The van der Waals surface area contributed by atoms with Gasteiger partial charge >= 0.3 is 0 Å². The molecule has 0 atom stereocenters. The molecule has 1 aromatic heterocycles. The van der Waals surface area contributed by atoms with E-state index in [0.29, 0.717) is 21.8 Å². The number of nitrogens with one attached hydrogen (secondary N) is 1. The zero-order valence-corrected chi connectivity index (χ0v) is 11.0. The second-order valence-electron chi connectivity index (χ2n) is 4.27. The van der Waals surface area contributed by atoms with Crippen LogP contribution in [0.2, 0.25) is 10.0 Å². The maximum Gasteiger partial charge on any atom is 0.165 e. The highest BCUT2D eigenvalue weighted by atomic mass is 35.5. The first-order valence-corrected chi connectivity index (χ1v) is 6.61. The van der Waals surface area contributed by atoms with Gasteiger partial charge in [-0.05, 0) is 24.8 Å². The summed E-state index contributed by atoms with van der Waals surface area (Å²) in [6.07, 6.45) is 9.92.